The third-order valence-corrected chi connectivity index (χ3v) is 1.92. The minimum absolute atomic E-state index is 0.307. The van der Waals surface area contributed by atoms with E-state index in [1.165, 1.54) is 6.07 Å². The number of hydrogen-bond donors (Lipinski definition) is 1. The van der Waals surface area contributed by atoms with E-state index in [2.05, 4.69) is 27.8 Å². The van der Waals surface area contributed by atoms with Gasteiger partial charge in [-0.25, -0.2) is 4.39 Å². The fraction of sp³-hybridized carbons (Fsp3) is 0.200. The Morgan fingerprint density at radius 3 is 2.85 bits per heavy atom. The highest BCUT2D eigenvalue weighted by molar-refractivity contribution is 9.10. The Morgan fingerprint density at radius 2 is 2.23 bits per heavy atom. The quantitative estimate of drug-likeness (QED) is 0.751. The van der Waals surface area contributed by atoms with Gasteiger partial charge in [-0.1, -0.05) is 27.8 Å². The number of rotatable bonds is 1. The maximum atomic E-state index is 13.1. The highest BCUT2D eigenvalue weighted by atomic mass is 79.9. The van der Waals surface area contributed by atoms with E-state index in [0.29, 0.717) is 18.5 Å². The maximum absolute atomic E-state index is 13.1. The van der Waals surface area contributed by atoms with Crippen molar-refractivity contribution in [3.8, 4) is 11.8 Å². The molecule has 0 saturated heterocycles. The van der Waals surface area contributed by atoms with E-state index in [9.17, 15) is 4.39 Å². The van der Waals surface area contributed by atoms with Crippen molar-refractivity contribution >= 4 is 15.9 Å². The fourth-order valence-electron chi connectivity index (χ4n) is 0.821. The van der Waals surface area contributed by atoms with E-state index in [1.54, 1.807) is 12.1 Å². The lowest BCUT2D eigenvalue weighted by Gasteiger charge is -1.94. The predicted molar refractivity (Wildman–Crippen MR) is 54.6 cm³/mol. The van der Waals surface area contributed by atoms with Crippen LogP contribution in [0.3, 0.4) is 0 Å². The Labute approximate surface area is 85.3 Å². The molecule has 0 amide bonds. The van der Waals surface area contributed by atoms with E-state index < -0.39 is 0 Å². The fourth-order valence-corrected chi connectivity index (χ4v) is 1.15. The van der Waals surface area contributed by atoms with Crippen LogP contribution < -0.4 is 5.73 Å². The molecule has 0 aliphatic carbocycles. The largest absolute Gasteiger partial charge is 0.330 e. The number of nitrogens with two attached hydrogens (primary N) is 1. The summed E-state index contributed by atoms with van der Waals surface area (Å²) in [4.78, 5) is 0. The lowest BCUT2D eigenvalue weighted by atomic mass is 10.2. The van der Waals surface area contributed by atoms with Crippen LogP contribution >= 0.6 is 15.9 Å². The Hall–Kier alpha value is -0.850. The molecule has 0 aliphatic heterocycles. The van der Waals surface area contributed by atoms with Gasteiger partial charge in [-0.2, -0.15) is 0 Å². The molecular formula is C10H9BrFN. The van der Waals surface area contributed by atoms with Crippen LogP contribution in [0.2, 0.25) is 0 Å². The second kappa shape index (κ2) is 5.00. The number of hydrogen-bond acceptors (Lipinski definition) is 1. The van der Waals surface area contributed by atoms with Gasteiger partial charge in [0.05, 0.1) is 5.56 Å². The van der Waals surface area contributed by atoms with Crippen LogP contribution in [-0.2, 0) is 0 Å². The normalized spacial score (nSPS) is 9.15. The van der Waals surface area contributed by atoms with Gasteiger partial charge in [0, 0.05) is 17.4 Å². The van der Waals surface area contributed by atoms with Crippen LogP contribution in [0.25, 0.3) is 0 Å². The van der Waals surface area contributed by atoms with Crippen molar-refractivity contribution < 1.29 is 4.39 Å². The molecule has 0 radical (unpaired) electrons. The summed E-state index contributed by atoms with van der Waals surface area (Å²) in [5, 5.41) is 0. The summed E-state index contributed by atoms with van der Waals surface area (Å²) >= 11 is 3.17. The minimum Gasteiger partial charge on any atom is -0.330 e. The standard InChI is InChI=1S/C10H9BrFN/c11-9-5-4-8(10(12)7-9)3-1-2-6-13/h4-5,7H,2,6,13H2. The molecule has 1 rings (SSSR count). The van der Waals surface area contributed by atoms with Crippen LogP contribution in [0.15, 0.2) is 22.7 Å². The Balaban J connectivity index is 2.85. The molecular weight excluding hydrogens is 233 g/mol. The van der Waals surface area contributed by atoms with E-state index in [4.69, 9.17) is 5.73 Å². The Morgan fingerprint density at radius 1 is 1.46 bits per heavy atom. The first-order valence-electron chi connectivity index (χ1n) is 3.88. The summed E-state index contributed by atoms with van der Waals surface area (Å²) < 4.78 is 13.8. The third-order valence-electron chi connectivity index (χ3n) is 1.42. The first-order valence-corrected chi connectivity index (χ1v) is 4.67. The van der Waals surface area contributed by atoms with Crippen molar-refractivity contribution in [2.24, 2.45) is 5.73 Å². The molecule has 1 aromatic carbocycles. The summed E-state index contributed by atoms with van der Waals surface area (Å²) in [5.74, 6) is 5.19. The van der Waals surface area contributed by atoms with Gasteiger partial charge in [-0.3, -0.25) is 0 Å². The molecule has 0 heterocycles. The van der Waals surface area contributed by atoms with Crippen LogP contribution in [0.1, 0.15) is 12.0 Å². The minimum atomic E-state index is -0.307. The van der Waals surface area contributed by atoms with E-state index in [-0.39, 0.29) is 5.82 Å². The molecule has 0 spiro atoms. The van der Waals surface area contributed by atoms with Gasteiger partial charge in [-0.05, 0) is 18.2 Å². The van der Waals surface area contributed by atoms with Crippen molar-refractivity contribution in [1.29, 1.82) is 0 Å². The summed E-state index contributed by atoms with van der Waals surface area (Å²) in [6.45, 7) is 0.505. The number of benzene rings is 1. The first kappa shape index (κ1) is 10.2. The maximum Gasteiger partial charge on any atom is 0.139 e. The second-order valence-electron chi connectivity index (χ2n) is 2.46. The molecule has 2 N–H and O–H groups in total. The van der Waals surface area contributed by atoms with Crippen LogP contribution in [0, 0.1) is 17.7 Å². The van der Waals surface area contributed by atoms with Crippen molar-refractivity contribution in [3.05, 3.63) is 34.1 Å². The monoisotopic (exact) mass is 241 g/mol. The van der Waals surface area contributed by atoms with Crippen molar-refractivity contribution in [2.45, 2.75) is 6.42 Å². The number of halogens is 2. The van der Waals surface area contributed by atoms with E-state index >= 15 is 0 Å². The summed E-state index contributed by atoms with van der Waals surface area (Å²) in [7, 11) is 0. The zero-order valence-corrected chi connectivity index (χ0v) is 8.57. The Bertz CT molecular complexity index is 352. The molecule has 0 aliphatic rings. The smallest absolute Gasteiger partial charge is 0.139 e. The van der Waals surface area contributed by atoms with Crippen LogP contribution in [0.4, 0.5) is 4.39 Å². The van der Waals surface area contributed by atoms with E-state index in [1.807, 2.05) is 0 Å². The average molecular weight is 242 g/mol. The predicted octanol–water partition coefficient (Wildman–Crippen LogP) is 2.29. The Kier molecular flexibility index (Phi) is 3.94. The molecule has 3 heteroatoms. The third kappa shape index (κ3) is 3.17. The van der Waals surface area contributed by atoms with Crippen molar-refractivity contribution in [1.82, 2.24) is 0 Å². The molecule has 0 unspecified atom stereocenters. The molecule has 13 heavy (non-hydrogen) atoms. The van der Waals surface area contributed by atoms with Crippen LogP contribution in [-0.4, -0.2) is 6.54 Å². The molecule has 0 saturated carbocycles. The van der Waals surface area contributed by atoms with Gasteiger partial charge < -0.3 is 5.73 Å². The highest BCUT2D eigenvalue weighted by Crippen LogP contribution is 2.14. The van der Waals surface area contributed by atoms with Gasteiger partial charge in [0.25, 0.3) is 0 Å². The van der Waals surface area contributed by atoms with Crippen LogP contribution in [0.5, 0.6) is 0 Å². The van der Waals surface area contributed by atoms with Gasteiger partial charge >= 0.3 is 0 Å². The lowest BCUT2D eigenvalue weighted by Crippen LogP contribution is -1.95. The molecule has 0 atom stereocenters. The van der Waals surface area contributed by atoms with E-state index in [0.717, 1.165) is 4.47 Å². The highest BCUT2D eigenvalue weighted by Gasteiger charge is 1.97. The summed E-state index contributed by atoms with van der Waals surface area (Å²) in [6, 6.07) is 4.80. The summed E-state index contributed by atoms with van der Waals surface area (Å²) in [5.41, 5.74) is 5.66. The lowest BCUT2D eigenvalue weighted by molar-refractivity contribution is 0.623. The molecule has 0 bridgehead atoms. The topological polar surface area (TPSA) is 26.0 Å². The molecule has 1 aromatic rings. The average Bonchev–Trinajstić information content (AvgIpc) is 2.09. The van der Waals surface area contributed by atoms with Crippen molar-refractivity contribution in [2.75, 3.05) is 6.54 Å². The molecule has 0 fully saturated rings. The van der Waals surface area contributed by atoms with Gasteiger partial charge in [0.2, 0.25) is 0 Å². The second-order valence-corrected chi connectivity index (χ2v) is 3.38. The zero-order chi connectivity index (χ0) is 9.68. The zero-order valence-electron chi connectivity index (χ0n) is 6.98. The van der Waals surface area contributed by atoms with Gasteiger partial charge in [0.15, 0.2) is 0 Å². The van der Waals surface area contributed by atoms with Gasteiger partial charge in [0.1, 0.15) is 5.82 Å². The molecule has 68 valence electrons. The first-order chi connectivity index (χ1) is 6.24. The molecule has 1 nitrogen and oxygen atoms in total. The van der Waals surface area contributed by atoms with Crippen molar-refractivity contribution in [3.63, 3.8) is 0 Å². The SMILES string of the molecule is NCCC#Cc1ccc(Br)cc1F. The van der Waals surface area contributed by atoms with Gasteiger partial charge in [-0.15, -0.1) is 0 Å². The summed E-state index contributed by atoms with van der Waals surface area (Å²) in [6.07, 6.45) is 0.593. The molecule has 0 aromatic heterocycles.